The molecule has 29 heavy (non-hydrogen) atoms. The van der Waals surface area contributed by atoms with Gasteiger partial charge in [0, 0.05) is 25.7 Å². The molecule has 0 radical (unpaired) electrons. The Balaban J connectivity index is 1.40. The molecule has 2 aliphatic heterocycles. The highest BCUT2D eigenvalue weighted by Gasteiger charge is 2.50. The van der Waals surface area contributed by atoms with Crippen LogP contribution < -0.4 is 5.32 Å². The van der Waals surface area contributed by atoms with Crippen LogP contribution in [-0.2, 0) is 4.79 Å². The van der Waals surface area contributed by atoms with Gasteiger partial charge in [0.2, 0.25) is 5.91 Å². The topological polar surface area (TPSA) is 35.6 Å². The van der Waals surface area contributed by atoms with Gasteiger partial charge >= 0.3 is 0 Å². The molecule has 1 saturated carbocycles. The largest absolute Gasteiger partial charge is 0.342 e. The number of rotatable bonds is 7. The number of unbranched alkanes of at least 4 members (excludes halogenated alkanes) is 3. The van der Waals surface area contributed by atoms with Gasteiger partial charge in [0.1, 0.15) is 5.54 Å². The number of amides is 1. The number of carbonyl (C=O) groups is 1. The van der Waals surface area contributed by atoms with E-state index < -0.39 is 0 Å². The zero-order chi connectivity index (χ0) is 20.1. The third kappa shape index (κ3) is 4.39. The van der Waals surface area contributed by atoms with Crippen LogP contribution in [0.25, 0.3) is 0 Å². The van der Waals surface area contributed by atoms with Crippen LogP contribution in [0.2, 0.25) is 0 Å². The van der Waals surface area contributed by atoms with Gasteiger partial charge in [-0.1, -0.05) is 69.4 Å². The first-order chi connectivity index (χ1) is 14.2. The summed E-state index contributed by atoms with van der Waals surface area (Å²) in [7, 11) is 0. The van der Waals surface area contributed by atoms with Crippen molar-refractivity contribution in [1.82, 2.24) is 15.1 Å². The summed E-state index contributed by atoms with van der Waals surface area (Å²) in [6.07, 6.45) is 12.4. The van der Waals surface area contributed by atoms with E-state index in [9.17, 15) is 4.79 Å². The molecule has 4 rings (SSSR count). The number of carbonyl (C=O) groups excluding carboxylic acids is 1. The summed E-state index contributed by atoms with van der Waals surface area (Å²) in [5.74, 6) is 0.942. The zero-order valence-electron chi connectivity index (χ0n) is 18.2. The fourth-order valence-electron chi connectivity index (χ4n) is 6.06. The third-order valence-corrected chi connectivity index (χ3v) is 7.79. The Labute approximate surface area is 177 Å². The molecule has 3 aliphatic rings. The van der Waals surface area contributed by atoms with Crippen LogP contribution in [0.15, 0.2) is 30.3 Å². The Kier molecular flexibility index (Phi) is 6.92. The van der Waals surface area contributed by atoms with Crippen molar-refractivity contribution in [3.8, 4) is 0 Å². The average Bonchev–Trinajstić information content (AvgIpc) is 3.07. The second kappa shape index (κ2) is 9.61. The predicted molar refractivity (Wildman–Crippen MR) is 119 cm³/mol. The molecule has 1 amide bonds. The van der Waals surface area contributed by atoms with Gasteiger partial charge in [-0.05, 0) is 43.6 Å². The molecule has 2 atom stereocenters. The Hall–Kier alpha value is -1.39. The maximum Gasteiger partial charge on any atom is 0.241 e. The van der Waals surface area contributed by atoms with E-state index in [-0.39, 0.29) is 11.4 Å². The molecule has 160 valence electrons. The van der Waals surface area contributed by atoms with E-state index in [0.717, 1.165) is 39.1 Å². The fraction of sp³-hybridized carbons (Fsp3) is 0.720. The summed E-state index contributed by atoms with van der Waals surface area (Å²) < 4.78 is 0. The van der Waals surface area contributed by atoms with Crippen LogP contribution in [0.5, 0.6) is 0 Å². The molecule has 4 heteroatoms. The lowest BCUT2D eigenvalue weighted by Crippen LogP contribution is -2.58. The fourth-order valence-corrected chi connectivity index (χ4v) is 6.06. The van der Waals surface area contributed by atoms with Gasteiger partial charge in [0.05, 0.1) is 6.67 Å². The molecule has 1 N–H and O–H groups in total. The second-order valence-corrected chi connectivity index (χ2v) is 9.42. The molecule has 0 aromatic heterocycles. The van der Waals surface area contributed by atoms with Gasteiger partial charge in [-0.3, -0.25) is 14.6 Å². The predicted octanol–water partition coefficient (Wildman–Crippen LogP) is 4.52. The summed E-state index contributed by atoms with van der Waals surface area (Å²) in [6, 6.07) is 11.8. The van der Waals surface area contributed by atoms with Gasteiger partial charge in [0.25, 0.3) is 0 Å². The number of likely N-dealkylation sites (tertiary alicyclic amines) is 1. The Morgan fingerprint density at radius 2 is 1.79 bits per heavy atom. The van der Waals surface area contributed by atoms with Crippen LogP contribution in [0, 0.1) is 0 Å². The zero-order valence-corrected chi connectivity index (χ0v) is 18.2. The number of hydrogen-bond acceptors (Lipinski definition) is 3. The number of nitrogens with zero attached hydrogens (tertiary/aromatic N) is 2. The minimum absolute atomic E-state index is 0.236. The van der Waals surface area contributed by atoms with Crippen molar-refractivity contribution in [2.45, 2.75) is 88.6 Å². The summed E-state index contributed by atoms with van der Waals surface area (Å²) in [4.78, 5) is 18.0. The van der Waals surface area contributed by atoms with E-state index in [1.165, 1.54) is 56.9 Å². The SMILES string of the molecule is CCCCCCN1CNC(=O)C12CCN([C@@H]1CCCC[C@@H]1c1ccccc1)CC2. The molecule has 2 saturated heterocycles. The number of hydrogen-bond donors (Lipinski definition) is 1. The van der Waals surface area contributed by atoms with Gasteiger partial charge in [0.15, 0.2) is 0 Å². The number of benzene rings is 1. The van der Waals surface area contributed by atoms with Crippen molar-refractivity contribution in [2.24, 2.45) is 0 Å². The average molecular weight is 398 g/mol. The molecule has 1 spiro atoms. The molecule has 0 unspecified atom stereocenters. The Morgan fingerprint density at radius 3 is 2.55 bits per heavy atom. The van der Waals surface area contributed by atoms with Crippen LogP contribution in [0.4, 0.5) is 0 Å². The standard InChI is InChI=1S/C25H39N3O/c1-2-3-4-10-17-28-20-26-24(29)25(28)15-18-27(19-16-25)23-14-9-8-13-22(23)21-11-6-5-7-12-21/h5-7,11-12,22-23H,2-4,8-10,13-20H2,1H3,(H,26,29)/t22-,23-/m1/s1. The lowest BCUT2D eigenvalue weighted by Gasteiger charge is -2.47. The van der Waals surface area contributed by atoms with Crippen molar-refractivity contribution < 1.29 is 4.79 Å². The molecule has 3 fully saturated rings. The third-order valence-electron chi connectivity index (χ3n) is 7.79. The quantitative estimate of drug-likeness (QED) is 0.687. The van der Waals surface area contributed by atoms with Crippen molar-refractivity contribution in [1.29, 1.82) is 0 Å². The van der Waals surface area contributed by atoms with Crippen molar-refractivity contribution >= 4 is 5.91 Å². The minimum atomic E-state index is -0.236. The highest BCUT2D eigenvalue weighted by molar-refractivity contribution is 5.88. The minimum Gasteiger partial charge on any atom is -0.342 e. The van der Waals surface area contributed by atoms with Crippen LogP contribution in [0.1, 0.15) is 82.6 Å². The first-order valence-corrected chi connectivity index (χ1v) is 12.1. The second-order valence-electron chi connectivity index (χ2n) is 9.42. The maximum absolute atomic E-state index is 12.8. The maximum atomic E-state index is 12.8. The van der Waals surface area contributed by atoms with E-state index in [0.29, 0.717) is 12.0 Å². The summed E-state index contributed by atoms with van der Waals surface area (Å²) >= 11 is 0. The summed E-state index contributed by atoms with van der Waals surface area (Å²) in [5.41, 5.74) is 1.27. The van der Waals surface area contributed by atoms with Crippen LogP contribution in [0.3, 0.4) is 0 Å². The molecule has 1 aliphatic carbocycles. The summed E-state index contributed by atoms with van der Waals surface area (Å²) in [6.45, 7) is 6.20. The first kappa shape index (κ1) is 20.9. The van der Waals surface area contributed by atoms with Gasteiger partial charge in [-0.15, -0.1) is 0 Å². The Morgan fingerprint density at radius 1 is 1.03 bits per heavy atom. The molecule has 0 bridgehead atoms. The molecular formula is C25H39N3O. The highest BCUT2D eigenvalue weighted by atomic mass is 16.2. The van der Waals surface area contributed by atoms with E-state index in [1.807, 2.05) is 0 Å². The highest BCUT2D eigenvalue weighted by Crippen LogP contribution is 2.40. The van der Waals surface area contributed by atoms with Gasteiger partial charge in [-0.2, -0.15) is 0 Å². The first-order valence-electron chi connectivity index (χ1n) is 12.1. The van der Waals surface area contributed by atoms with Gasteiger partial charge < -0.3 is 5.32 Å². The molecule has 1 aromatic carbocycles. The number of nitrogens with one attached hydrogen (secondary N) is 1. The molecule has 4 nitrogen and oxygen atoms in total. The van der Waals surface area contributed by atoms with Gasteiger partial charge in [-0.25, -0.2) is 0 Å². The van der Waals surface area contributed by atoms with E-state index in [4.69, 9.17) is 0 Å². The van der Waals surface area contributed by atoms with E-state index in [1.54, 1.807) is 0 Å². The normalized spacial score (nSPS) is 28.0. The molecular weight excluding hydrogens is 358 g/mol. The lowest BCUT2D eigenvalue weighted by atomic mass is 9.77. The van der Waals surface area contributed by atoms with Crippen molar-refractivity contribution in [3.63, 3.8) is 0 Å². The molecule has 2 heterocycles. The molecule has 1 aromatic rings. The van der Waals surface area contributed by atoms with E-state index >= 15 is 0 Å². The number of piperidine rings is 1. The smallest absolute Gasteiger partial charge is 0.241 e. The van der Waals surface area contributed by atoms with E-state index in [2.05, 4.69) is 52.4 Å². The van der Waals surface area contributed by atoms with Crippen LogP contribution >= 0.6 is 0 Å². The van der Waals surface area contributed by atoms with Crippen LogP contribution in [-0.4, -0.2) is 53.6 Å². The summed E-state index contributed by atoms with van der Waals surface area (Å²) in [5, 5.41) is 3.17. The lowest BCUT2D eigenvalue weighted by molar-refractivity contribution is -0.129. The van der Waals surface area contributed by atoms with Crippen molar-refractivity contribution in [3.05, 3.63) is 35.9 Å². The Bertz CT molecular complexity index is 653. The monoisotopic (exact) mass is 397 g/mol. The van der Waals surface area contributed by atoms with Crippen molar-refractivity contribution in [2.75, 3.05) is 26.3 Å².